The molecule has 0 bridgehead atoms. The fraction of sp³-hybridized carbons (Fsp3) is 0.250. The van der Waals surface area contributed by atoms with Crippen LogP contribution in [0.15, 0.2) is 48.9 Å². The summed E-state index contributed by atoms with van der Waals surface area (Å²) < 4.78 is 3.72. The van der Waals surface area contributed by atoms with Gasteiger partial charge in [0.05, 0.1) is 23.1 Å². The number of aromatic nitrogens is 4. The molecule has 1 N–H and O–H groups in total. The Morgan fingerprint density at radius 3 is 2.67 bits per heavy atom. The molecule has 1 unspecified atom stereocenters. The van der Waals surface area contributed by atoms with Crippen molar-refractivity contribution in [2.45, 2.75) is 19.9 Å². The minimum absolute atomic E-state index is 0.176. The van der Waals surface area contributed by atoms with Gasteiger partial charge in [-0.25, -0.2) is 4.68 Å². The molecule has 0 saturated carbocycles. The summed E-state index contributed by atoms with van der Waals surface area (Å²) in [6.45, 7) is 4.18. The Morgan fingerprint density at radius 1 is 1.19 bits per heavy atom. The number of anilines is 1. The lowest BCUT2D eigenvalue weighted by Crippen LogP contribution is -2.10. The van der Waals surface area contributed by atoms with Crippen LogP contribution in [0.2, 0.25) is 0 Å². The minimum atomic E-state index is 0.176. The Bertz CT molecular complexity index is 727. The quantitative estimate of drug-likeness (QED) is 0.799. The molecule has 0 aliphatic heterocycles. The maximum absolute atomic E-state index is 4.41. The van der Waals surface area contributed by atoms with Crippen molar-refractivity contribution in [2.24, 2.45) is 7.05 Å². The molecule has 5 heteroatoms. The second-order valence-electron chi connectivity index (χ2n) is 5.18. The molecule has 21 heavy (non-hydrogen) atoms. The fourth-order valence-electron chi connectivity index (χ4n) is 2.56. The highest BCUT2D eigenvalue weighted by molar-refractivity contribution is 5.61. The maximum atomic E-state index is 4.41. The molecule has 1 aromatic carbocycles. The molecule has 2 aromatic heterocycles. The SMILES string of the molecule is Cc1nn(C)cc1C(C)Nc1ccccc1-n1cccn1. The van der Waals surface area contributed by atoms with Gasteiger partial charge in [0.1, 0.15) is 0 Å². The van der Waals surface area contributed by atoms with Crippen LogP contribution in [-0.2, 0) is 7.05 Å². The van der Waals surface area contributed by atoms with Crippen molar-refractivity contribution in [2.75, 3.05) is 5.32 Å². The van der Waals surface area contributed by atoms with Crippen molar-refractivity contribution >= 4 is 5.69 Å². The number of benzene rings is 1. The third kappa shape index (κ3) is 2.67. The van der Waals surface area contributed by atoms with Crippen LogP contribution in [-0.4, -0.2) is 19.6 Å². The van der Waals surface area contributed by atoms with Crippen molar-refractivity contribution in [3.05, 3.63) is 60.2 Å². The lowest BCUT2D eigenvalue weighted by molar-refractivity contribution is 0.756. The highest BCUT2D eigenvalue weighted by Gasteiger charge is 2.13. The number of aryl methyl sites for hydroxylation is 2. The normalized spacial score (nSPS) is 12.3. The summed E-state index contributed by atoms with van der Waals surface area (Å²) in [4.78, 5) is 0. The monoisotopic (exact) mass is 281 g/mol. The molecule has 108 valence electrons. The van der Waals surface area contributed by atoms with Crippen molar-refractivity contribution in [3.8, 4) is 5.69 Å². The van der Waals surface area contributed by atoms with Gasteiger partial charge in [0, 0.05) is 31.2 Å². The summed E-state index contributed by atoms with van der Waals surface area (Å²) in [7, 11) is 1.95. The van der Waals surface area contributed by atoms with Crippen LogP contribution in [0.1, 0.15) is 24.2 Å². The van der Waals surface area contributed by atoms with Crippen LogP contribution < -0.4 is 5.32 Å². The van der Waals surface area contributed by atoms with Crippen LogP contribution in [0.4, 0.5) is 5.69 Å². The number of para-hydroxylation sites is 2. The van der Waals surface area contributed by atoms with E-state index in [9.17, 15) is 0 Å². The molecule has 0 aliphatic rings. The van der Waals surface area contributed by atoms with Crippen LogP contribution >= 0.6 is 0 Å². The predicted molar refractivity (Wildman–Crippen MR) is 83.5 cm³/mol. The second kappa shape index (κ2) is 5.44. The highest BCUT2D eigenvalue weighted by atomic mass is 15.3. The molecular formula is C16H19N5. The summed E-state index contributed by atoms with van der Waals surface area (Å²) in [5, 5.41) is 12.3. The van der Waals surface area contributed by atoms with Crippen molar-refractivity contribution < 1.29 is 0 Å². The van der Waals surface area contributed by atoms with Crippen LogP contribution in [0.25, 0.3) is 5.69 Å². The van der Waals surface area contributed by atoms with Gasteiger partial charge in [-0.2, -0.15) is 10.2 Å². The third-order valence-corrected chi connectivity index (χ3v) is 3.55. The lowest BCUT2D eigenvalue weighted by atomic mass is 10.1. The van der Waals surface area contributed by atoms with E-state index in [0.717, 1.165) is 17.1 Å². The summed E-state index contributed by atoms with van der Waals surface area (Å²) in [5.74, 6) is 0. The first-order valence-electron chi connectivity index (χ1n) is 7.01. The predicted octanol–water partition coefficient (Wildman–Crippen LogP) is 3.09. The highest BCUT2D eigenvalue weighted by Crippen LogP contribution is 2.25. The zero-order chi connectivity index (χ0) is 14.8. The van der Waals surface area contributed by atoms with Crippen molar-refractivity contribution in [1.82, 2.24) is 19.6 Å². The Labute approximate surface area is 124 Å². The lowest BCUT2D eigenvalue weighted by Gasteiger charge is -2.17. The standard InChI is InChI=1S/C16H19N5/c1-12(14-11-20(3)19-13(14)2)18-15-7-4-5-8-16(15)21-10-6-9-17-21/h4-12,18H,1-3H3. The Kier molecular flexibility index (Phi) is 3.48. The van der Waals surface area contributed by atoms with Gasteiger partial charge in [0.2, 0.25) is 0 Å². The van der Waals surface area contributed by atoms with E-state index >= 15 is 0 Å². The fourth-order valence-corrected chi connectivity index (χ4v) is 2.56. The first kappa shape index (κ1) is 13.4. The second-order valence-corrected chi connectivity index (χ2v) is 5.18. The van der Waals surface area contributed by atoms with E-state index in [-0.39, 0.29) is 6.04 Å². The third-order valence-electron chi connectivity index (χ3n) is 3.55. The number of nitrogens with zero attached hydrogens (tertiary/aromatic N) is 4. The van der Waals surface area contributed by atoms with Gasteiger partial charge in [-0.1, -0.05) is 12.1 Å². The molecule has 0 radical (unpaired) electrons. The van der Waals surface area contributed by atoms with Crippen LogP contribution in [0.3, 0.4) is 0 Å². The number of rotatable bonds is 4. The average molecular weight is 281 g/mol. The van der Waals surface area contributed by atoms with E-state index in [0.29, 0.717) is 0 Å². The molecule has 3 rings (SSSR count). The molecule has 0 saturated heterocycles. The molecule has 0 fully saturated rings. The summed E-state index contributed by atoms with van der Waals surface area (Å²) in [6, 6.07) is 10.3. The van der Waals surface area contributed by atoms with E-state index in [4.69, 9.17) is 0 Å². The summed E-state index contributed by atoms with van der Waals surface area (Å²) in [6.07, 6.45) is 5.79. The van der Waals surface area contributed by atoms with Gasteiger partial charge in [-0.3, -0.25) is 4.68 Å². The Balaban J connectivity index is 1.90. The van der Waals surface area contributed by atoms with Gasteiger partial charge in [0.15, 0.2) is 0 Å². The van der Waals surface area contributed by atoms with Gasteiger partial charge < -0.3 is 5.32 Å². The molecule has 3 aromatic rings. The maximum Gasteiger partial charge on any atom is 0.0876 e. The van der Waals surface area contributed by atoms with Gasteiger partial charge in [0.25, 0.3) is 0 Å². The molecule has 5 nitrogen and oxygen atoms in total. The van der Waals surface area contributed by atoms with Crippen molar-refractivity contribution in [1.29, 1.82) is 0 Å². The molecular weight excluding hydrogens is 262 g/mol. The van der Waals surface area contributed by atoms with E-state index < -0.39 is 0 Å². The average Bonchev–Trinajstić information content (AvgIpc) is 3.09. The largest absolute Gasteiger partial charge is 0.377 e. The van der Waals surface area contributed by atoms with Crippen LogP contribution in [0, 0.1) is 6.92 Å². The van der Waals surface area contributed by atoms with E-state index in [1.165, 1.54) is 5.56 Å². The number of hydrogen-bond acceptors (Lipinski definition) is 3. The van der Waals surface area contributed by atoms with E-state index in [1.807, 2.05) is 47.7 Å². The zero-order valence-electron chi connectivity index (χ0n) is 12.5. The smallest absolute Gasteiger partial charge is 0.0876 e. The number of hydrogen-bond donors (Lipinski definition) is 1. The molecule has 0 aliphatic carbocycles. The molecule has 1 atom stereocenters. The Morgan fingerprint density at radius 2 is 2.00 bits per heavy atom. The molecule has 0 amide bonds. The van der Waals surface area contributed by atoms with E-state index in [2.05, 4.69) is 40.8 Å². The first-order valence-corrected chi connectivity index (χ1v) is 7.01. The minimum Gasteiger partial charge on any atom is -0.377 e. The Hall–Kier alpha value is -2.56. The summed E-state index contributed by atoms with van der Waals surface area (Å²) >= 11 is 0. The molecule has 2 heterocycles. The first-order chi connectivity index (χ1) is 10.1. The zero-order valence-corrected chi connectivity index (χ0v) is 12.5. The van der Waals surface area contributed by atoms with Gasteiger partial charge in [-0.15, -0.1) is 0 Å². The van der Waals surface area contributed by atoms with Crippen LogP contribution in [0.5, 0.6) is 0 Å². The summed E-state index contributed by atoms with van der Waals surface area (Å²) in [5.41, 5.74) is 4.34. The van der Waals surface area contributed by atoms with E-state index in [1.54, 1.807) is 6.20 Å². The van der Waals surface area contributed by atoms with Gasteiger partial charge in [-0.05, 0) is 32.0 Å². The number of nitrogens with one attached hydrogen (secondary N) is 1. The molecule has 0 spiro atoms. The van der Waals surface area contributed by atoms with Gasteiger partial charge >= 0.3 is 0 Å². The van der Waals surface area contributed by atoms with Crippen molar-refractivity contribution in [3.63, 3.8) is 0 Å². The topological polar surface area (TPSA) is 47.7 Å².